The molecule has 0 amide bonds. The first-order chi connectivity index (χ1) is 12.8. The second kappa shape index (κ2) is 6.20. The monoisotopic (exact) mass is 346 g/mol. The van der Waals surface area contributed by atoms with Crippen molar-refractivity contribution in [2.75, 3.05) is 5.32 Å². The number of hydrogen-bond acceptors (Lipinski definition) is 5. The predicted octanol–water partition coefficient (Wildman–Crippen LogP) is 3.25. The standard InChI is InChI=1S/C20H22N6/c1-26-18-7-3-6-17(15(18)12-22-26)24-20-14-4-2-5-16(14)23-19(25-20)13-8-10-21-11-9-13/h8-12,17H,2-7H2,1H3,(H,23,24,25)/t17-/m0/s1. The summed E-state index contributed by atoms with van der Waals surface area (Å²) in [7, 11) is 2.03. The van der Waals surface area contributed by atoms with Gasteiger partial charge in [0.25, 0.3) is 0 Å². The summed E-state index contributed by atoms with van der Waals surface area (Å²) in [5.74, 6) is 1.79. The van der Waals surface area contributed by atoms with E-state index in [0.29, 0.717) is 0 Å². The maximum atomic E-state index is 4.91. The van der Waals surface area contributed by atoms with Crippen LogP contribution in [0.1, 0.15) is 47.8 Å². The Balaban J connectivity index is 1.54. The van der Waals surface area contributed by atoms with E-state index in [2.05, 4.69) is 15.4 Å². The number of rotatable bonds is 3. The van der Waals surface area contributed by atoms with Crippen molar-refractivity contribution in [3.8, 4) is 11.4 Å². The molecule has 5 rings (SSSR count). The van der Waals surface area contributed by atoms with Gasteiger partial charge in [0.2, 0.25) is 0 Å². The van der Waals surface area contributed by atoms with Crippen LogP contribution in [-0.2, 0) is 26.3 Å². The van der Waals surface area contributed by atoms with Crippen molar-refractivity contribution in [3.05, 3.63) is 53.2 Å². The van der Waals surface area contributed by atoms with Crippen LogP contribution in [0.25, 0.3) is 11.4 Å². The molecule has 0 aromatic carbocycles. The van der Waals surface area contributed by atoms with Crippen LogP contribution in [0.2, 0.25) is 0 Å². The Kier molecular flexibility index (Phi) is 3.69. The lowest BCUT2D eigenvalue weighted by Gasteiger charge is -2.25. The van der Waals surface area contributed by atoms with Crippen LogP contribution < -0.4 is 5.32 Å². The lowest BCUT2D eigenvalue weighted by Crippen LogP contribution is -2.19. The van der Waals surface area contributed by atoms with E-state index in [-0.39, 0.29) is 6.04 Å². The number of aromatic nitrogens is 5. The van der Waals surface area contributed by atoms with Gasteiger partial charge in [-0.05, 0) is 50.7 Å². The molecule has 3 aromatic rings. The molecule has 6 heteroatoms. The molecule has 0 unspecified atom stereocenters. The average molecular weight is 346 g/mol. The smallest absolute Gasteiger partial charge is 0.161 e. The fourth-order valence-corrected chi connectivity index (χ4v) is 4.20. The summed E-state index contributed by atoms with van der Waals surface area (Å²) in [4.78, 5) is 13.8. The topological polar surface area (TPSA) is 68.5 Å². The summed E-state index contributed by atoms with van der Waals surface area (Å²) in [6.45, 7) is 0. The Morgan fingerprint density at radius 2 is 1.96 bits per heavy atom. The molecule has 0 aliphatic heterocycles. The zero-order valence-electron chi connectivity index (χ0n) is 14.9. The van der Waals surface area contributed by atoms with Gasteiger partial charge < -0.3 is 5.32 Å². The maximum absolute atomic E-state index is 4.91. The quantitative estimate of drug-likeness (QED) is 0.788. The van der Waals surface area contributed by atoms with E-state index >= 15 is 0 Å². The molecule has 0 fully saturated rings. The van der Waals surface area contributed by atoms with Gasteiger partial charge in [0.15, 0.2) is 5.82 Å². The van der Waals surface area contributed by atoms with Gasteiger partial charge in [-0.1, -0.05) is 0 Å². The van der Waals surface area contributed by atoms with Crippen LogP contribution in [0, 0.1) is 0 Å². The number of nitrogens with zero attached hydrogens (tertiary/aromatic N) is 5. The lowest BCUT2D eigenvalue weighted by atomic mass is 9.93. The zero-order chi connectivity index (χ0) is 17.5. The van der Waals surface area contributed by atoms with Gasteiger partial charge in [0.1, 0.15) is 5.82 Å². The molecule has 0 bridgehead atoms. The van der Waals surface area contributed by atoms with Crippen molar-refractivity contribution in [2.45, 2.75) is 44.6 Å². The molecule has 6 nitrogen and oxygen atoms in total. The largest absolute Gasteiger partial charge is 0.363 e. The molecule has 3 heterocycles. The number of hydrogen-bond donors (Lipinski definition) is 1. The normalized spacial score (nSPS) is 18.4. The molecule has 1 N–H and O–H groups in total. The fourth-order valence-electron chi connectivity index (χ4n) is 4.20. The van der Waals surface area contributed by atoms with Crippen LogP contribution in [0.5, 0.6) is 0 Å². The molecule has 0 spiro atoms. The number of pyridine rings is 1. The molecule has 26 heavy (non-hydrogen) atoms. The van der Waals surface area contributed by atoms with Gasteiger partial charge >= 0.3 is 0 Å². The number of nitrogens with one attached hydrogen (secondary N) is 1. The summed E-state index contributed by atoms with van der Waals surface area (Å²) in [5, 5.41) is 8.21. The Morgan fingerprint density at radius 3 is 2.85 bits per heavy atom. The third-order valence-electron chi connectivity index (χ3n) is 5.56. The van der Waals surface area contributed by atoms with Crippen molar-refractivity contribution in [1.82, 2.24) is 24.7 Å². The van der Waals surface area contributed by atoms with Gasteiger partial charge in [0.05, 0.1) is 12.2 Å². The Labute approximate surface area is 152 Å². The summed E-state index contributed by atoms with van der Waals surface area (Å²) >= 11 is 0. The third-order valence-corrected chi connectivity index (χ3v) is 5.56. The van der Waals surface area contributed by atoms with Crippen molar-refractivity contribution in [2.24, 2.45) is 7.05 Å². The van der Waals surface area contributed by atoms with Crippen molar-refractivity contribution in [1.29, 1.82) is 0 Å². The number of fused-ring (bicyclic) bond motifs is 2. The minimum atomic E-state index is 0.275. The first kappa shape index (κ1) is 15.5. The summed E-state index contributed by atoms with van der Waals surface area (Å²) in [5.41, 5.74) is 6.15. The van der Waals surface area contributed by atoms with Gasteiger partial charge in [0, 0.05) is 47.5 Å². The second-order valence-electron chi connectivity index (χ2n) is 7.17. The average Bonchev–Trinajstić information content (AvgIpc) is 3.30. The summed E-state index contributed by atoms with van der Waals surface area (Å²) in [6.07, 6.45) is 12.2. The second-order valence-corrected chi connectivity index (χ2v) is 7.17. The van der Waals surface area contributed by atoms with E-state index in [0.717, 1.165) is 49.3 Å². The van der Waals surface area contributed by atoms with E-state index in [9.17, 15) is 0 Å². The van der Waals surface area contributed by atoms with Crippen LogP contribution in [-0.4, -0.2) is 24.7 Å². The van der Waals surface area contributed by atoms with Crippen LogP contribution in [0.3, 0.4) is 0 Å². The molecule has 3 aromatic heterocycles. The van der Waals surface area contributed by atoms with Gasteiger partial charge in [-0.3, -0.25) is 9.67 Å². The minimum Gasteiger partial charge on any atom is -0.363 e. The zero-order valence-corrected chi connectivity index (χ0v) is 14.9. The summed E-state index contributed by atoms with van der Waals surface area (Å²) in [6, 6.07) is 4.22. The fraction of sp³-hybridized carbons (Fsp3) is 0.400. The highest BCUT2D eigenvalue weighted by Crippen LogP contribution is 2.35. The molecule has 0 saturated carbocycles. The Hall–Kier alpha value is -2.76. The van der Waals surface area contributed by atoms with Gasteiger partial charge in [-0.25, -0.2) is 9.97 Å². The molecular weight excluding hydrogens is 324 g/mol. The minimum absolute atomic E-state index is 0.275. The lowest BCUT2D eigenvalue weighted by molar-refractivity contribution is 0.569. The molecule has 2 aliphatic carbocycles. The SMILES string of the molecule is Cn1ncc2c1CCC[C@@H]2Nc1nc(-c2ccncc2)nc2c1CCC2. The van der Waals surface area contributed by atoms with E-state index in [1.165, 1.54) is 28.9 Å². The molecular formula is C20H22N6. The highest BCUT2D eigenvalue weighted by Gasteiger charge is 2.26. The van der Waals surface area contributed by atoms with Crippen molar-refractivity contribution >= 4 is 5.82 Å². The van der Waals surface area contributed by atoms with E-state index < -0.39 is 0 Å². The van der Waals surface area contributed by atoms with Crippen LogP contribution in [0.15, 0.2) is 30.7 Å². The molecule has 0 radical (unpaired) electrons. The third kappa shape index (κ3) is 2.57. The van der Waals surface area contributed by atoms with E-state index in [1.807, 2.05) is 30.1 Å². The Bertz CT molecular complexity index is 946. The predicted molar refractivity (Wildman–Crippen MR) is 99.8 cm³/mol. The van der Waals surface area contributed by atoms with E-state index in [1.54, 1.807) is 12.4 Å². The molecule has 132 valence electrons. The number of anilines is 1. The van der Waals surface area contributed by atoms with Crippen molar-refractivity contribution < 1.29 is 0 Å². The van der Waals surface area contributed by atoms with E-state index in [4.69, 9.17) is 9.97 Å². The first-order valence-electron chi connectivity index (χ1n) is 9.37. The van der Waals surface area contributed by atoms with Crippen molar-refractivity contribution in [3.63, 3.8) is 0 Å². The Morgan fingerprint density at radius 1 is 1.08 bits per heavy atom. The van der Waals surface area contributed by atoms with Crippen LogP contribution >= 0.6 is 0 Å². The first-order valence-corrected chi connectivity index (χ1v) is 9.37. The maximum Gasteiger partial charge on any atom is 0.161 e. The highest BCUT2D eigenvalue weighted by atomic mass is 15.3. The molecule has 1 atom stereocenters. The van der Waals surface area contributed by atoms with Gasteiger partial charge in [-0.15, -0.1) is 0 Å². The number of aryl methyl sites for hydroxylation is 2. The summed E-state index contributed by atoms with van der Waals surface area (Å²) < 4.78 is 2.01. The van der Waals surface area contributed by atoms with Crippen LogP contribution in [0.4, 0.5) is 5.82 Å². The molecule has 0 saturated heterocycles. The molecule has 2 aliphatic rings. The van der Waals surface area contributed by atoms with Gasteiger partial charge in [-0.2, -0.15) is 5.10 Å². The highest BCUT2D eigenvalue weighted by molar-refractivity contribution is 5.60.